The molecule has 0 aromatic carbocycles. The second kappa shape index (κ2) is 27.6. The summed E-state index contributed by atoms with van der Waals surface area (Å²) in [6.07, 6.45) is -1.46. The van der Waals surface area contributed by atoms with E-state index in [1.165, 1.54) is 6.92 Å². The van der Waals surface area contributed by atoms with E-state index in [0.717, 1.165) is 32.1 Å². The van der Waals surface area contributed by atoms with Crippen LogP contribution in [0.3, 0.4) is 0 Å². The molecule has 0 saturated carbocycles. The molecule has 0 rings (SSSR count). The minimum Gasteiger partial charge on any atom is -0.480 e. The summed E-state index contributed by atoms with van der Waals surface area (Å²) in [4.78, 5) is 111. The van der Waals surface area contributed by atoms with Crippen molar-refractivity contribution in [3.8, 4) is 0 Å². The lowest BCUT2D eigenvalue weighted by molar-refractivity contribution is -0.167. The Hall–Kier alpha value is -4.97. The van der Waals surface area contributed by atoms with Crippen LogP contribution in [0.15, 0.2) is 0 Å². The molecule has 0 fully saturated rings. The minimum absolute atomic E-state index is 0.106. The molecule has 0 aliphatic heterocycles. The Kier molecular flexibility index (Phi) is 25.1. The van der Waals surface area contributed by atoms with Gasteiger partial charge in [-0.05, 0) is 39.2 Å². The van der Waals surface area contributed by atoms with E-state index in [9.17, 15) is 79.0 Å². The average Bonchev–Trinajstić information content (AvgIpc) is 3.12. The van der Waals surface area contributed by atoms with Crippen LogP contribution in [0, 0.1) is 0 Å². The first-order valence-corrected chi connectivity index (χ1v) is 18.2. The van der Waals surface area contributed by atoms with E-state index in [-0.39, 0.29) is 37.4 Å². The summed E-state index contributed by atoms with van der Waals surface area (Å²) in [6, 6.07) is -7.77. The van der Waals surface area contributed by atoms with Crippen LogP contribution in [0.4, 0.5) is 0 Å². The number of carboxylic acid groups (broad SMARTS) is 3. The molecular weight excluding hydrogens is 750 g/mol. The lowest BCUT2D eigenvalue weighted by Crippen LogP contribution is -2.62. The van der Waals surface area contributed by atoms with E-state index >= 15 is 0 Å². The van der Waals surface area contributed by atoms with Gasteiger partial charge in [-0.2, -0.15) is 0 Å². The standard InChI is InChI=1S/C33H57N7O16/c1-3-4-5-6-7-8-9-12-21(42)38-25(27(46)33(54)55)30(49)37-19(13-14-34)28(47)39-24(26(45)32(52)53)29(48)35-17-22(43)36-20(31(50)51)11-10-15-40(56)23(44)16-18(2)41/h18-20,24-27,41,45-46,56H,3-17,34H2,1-2H3,(H,35,48)(H,36,43)(H,37,49)(H,38,42)(H,39,47)(H,50,51)(H,52,53)(H,54,55)/t18-,19-,20-,24-,25-,26-,27-/m0/s1. The van der Waals surface area contributed by atoms with Gasteiger partial charge in [0.2, 0.25) is 35.4 Å². The fourth-order valence-electron chi connectivity index (χ4n) is 5.01. The Labute approximate surface area is 322 Å². The summed E-state index contributed by atoms with van der Waals surface area (Å²) in [5.41, 5.74) is 5.54. The van der Waals surface area contributed by atoms with Crippen LogP contribution in [0.5, 0.6) is 0 Å². The van der Waals surface area contributed by atoms with Gasteiger partial charge < -0.3 is 63.0 Å². The molecule has 0 radical (unpaired) electrons. The number of hydrogen-bond acceptors (Lipinski definition) is 14. The van der Waals surface area contributed by atoms with Crippen molar-refractivity contribution in [1.29, 1.82) is 0 Å². The van der Waals surface area contributed by atoms with Gasteiger partial charge in [-0.25, -0.2) is 19.4 Å². The van der Waals surface area contributed by atoms with Crippen LogP contribution in [0.2, 0.25) is 0 Å². The molecule has 0 bridgehead atoms. The van der Waals surface area contributed by atoms with Crippen molar-refractivity contribution >= 4 is 53.4 Å². The molecule has 23 heteroatoms. The van der Waals surface area contributed by atoms with Gasteiger partial charge in [0.1, 0.15) is 24.2 Å². The Balaban J connectivity index is 5.62. The molecule has 23 nitrogen and oxygen atoms in total. The second-order valence-corrected chi connectivity index (χ2v) is 13.0. The Bertz CT molecular complexity index is 1330. The summed E-state index contributed by atoms with van der Waals surface area (Å²) in [5, 5.41) is 77.9. The number of nitrogens with zero attached hydrogens (tertiary/aromatic N) is 1. The number of aliphatic carboxylic acids is 3. The van der Waals surface area contributed by atoms with Gasteiger partial charge in [-0.15, -0.1) is 0 Å². The zero-order valence-corrected chi connectivity index (χ0v) is 31.5. The highest BCUT2D eigenvalue weighted by Crippen LogP contribution is 2.09. The van der Waals surface area contributed by atoms with Crippen LogP contribution in [-0.2, 0) is 43.2 Å². The number of rotatable bonds is 30. The molecule has 320 valence electrons. The van der Waals surface area contributed by atoms with Crippen molar-refractivity contribution < 1.29 is 79.0 Å². The first kappa shape index (κ1) is 51.0. The fourth-order valence-corrected chi connectivity index (χ4v) is 5.01. The number of nitrogens with one attached hydrogen (secondary N) is 5. The number of nitrogens with two attached hydrogens (primary N) is 1. The molecule has 14 N–H and O–H groups in total. The zero-order chi connectivity index (χ0) is 43.0. The number of carbonyl (C=O) groups excluding carboxylic acids is 6. The molecule has 0 aromatic rings. The van der Waals surface area contributed by atoms with Crippen molar-refractivity contribution in [2.24, 2.45) is 5.73 Å². The van der Waals surface area contributed by atoms with Crippen LogP contribution in [0.25, 0.3) is 0 Å². The summed E-state index contributed by atoms with van der Waals surface area (Å²) >= 11 is 0. The molecule has 0 unspecified atom stereocenters. The van der Waals surface area contributed by atoms with Crippen molar-refractivity contribution in [2.75, 3.05) is 19.6 Å². The average molecular weight is 808 g/mol. The highest BCUT2D eigenvalue weighted by molar-refractivity contribution is 5.98. The predicted octanol–water partition coefficient (Wildman–Crippen LogP) is -3.72. The summed E-state index contributed by atoms with van der Waals surface area (Å²) < 4.78 is 0. The number of unbranched alkanes of at least 4 members (excludes halogenated alkanes) is 6. The lowest BCUT2D eigenvalue weighted by Gasteiger charge is -2.27. The van der Waals surface area contributed by atoms with E-state index in [2.05, 4.69) is 22.9 Å². The van der Waals surface area contributed by atoms with Gasteiger partial charge in [0, 0.05) is 13.0 Å². The molecule has 6 amide bonds. The van der Waals surface area contributed by atoms with Gasteiger partial charge in [0.25, 0.3) is 0 Å². The van der Waals surface area contributed by atoms with Crippen molar-refractivity contribution in [3.63, 3.8) is 0 Å². The maximum Gasteiger partial charge on any atom is 0.335 e. The third-order valence-electron chi connectivity index (χ3n) is 8.09. The first-order chi connectivity index (χ1) is 26.3. The van der Waals surface area contributed by atoms with Gasteiger partial charge in [-0.1, -0.05) is 45.4 Å². The lowest BCUT2D eigenvalue weighted by atomic mass is 10.1. The normalized spacial score (nSPS) is 14.7. The zero-order valence-electron chi connectivity index (χ0n) is 31.5. The number of carbonyl (C=O) groups is 9. The smallest absolute Gasteiger partial charge is 0.335 e. The number of hydroxylamine groups is 2. The van der Waals surface area contributed by atoms with E-state index in [1.807, 2.05) is 10.6 Å². The van der Waals surface area contributed by atoms with Crippen LogP contribution >= 0.6 is 0 Å². The van der Waals surface area contributed by atoms with Gasteiger partial charge in [0.15, 0.2) is 12.2 Å². The maximum atomic E-state index is 13.2. The number of aliphatic hydroxyl groups is 3. The predicted molar refractivity (Wildman–Crippen MR) is 191 cm³/mol. The summed E-state index contributed by atoms with van der Waals surface area (Å²) in [5.74, 6) is -12.3. The van der Waals surface area contributed by atoms with E-state index in [0.29, 0.717) is 12.8 Å². The van der Waals surface area contributed by atoms with E-state index in [4.69, 9.17) is 5.73 Å². The second-order valence-electron chi connectivity index (χ2n) is 13.0. The maximum absolute atomic E-state index is 13.2. The van der Waals surface area contributed by atoms with Crippen molar-refractivity contribution in [2.45, 2.75) is 133 Å². The number of carboxylic acids is 3. The third-order valence-corrected chi connectivity index (χ3v) is 8.09. The molecule has 0 heterocycles. The van der Waals surface area contributed by atoms with Crippen molar-refractivity contribution in [3.05, 3.63) is 0 Å². The largest absolute Gasteiger partial charge is 0.480 e. The summed E-state index contributed by atoms with van der Waals surface area (Å²) in [7, 11) is 0. The Morgan fingerprint density at radius 3 is 1.70 bits per heavy atom. The van der Waals surface area contributed by atoms with Crippen LogP contribution in [-0.4, -0.2) is 156 Å². The van der Waals surface area contributed by atoms with Gasteiger partial charge in [-0.3, -0.25) is 34.0 Å². The molecule has 0 saturated heterocycles. The quantitative estimate of drug-likeness (QED) is 0.0188. The molecule has 0 aliphatic carbocycles. The molecular formula is C33H57N7O16. The van der Waals surface area contributed by atoms with Gasteiger partial charge >= 0.3 is 17.9 Å². The fraction of sp³-hybridized carbons (Fsp3) is 0.727. The molecule has 7 atom stereocenters. The molecule has 0 aromatic heterocycles. The van der Waals surface area contributed by atoms with Crippen LogP contribution < -0.4 is 32.3 Å². The minimum atomic E-state index is -2.64. The SMILES string of the molecule is CCCCCCCCCC(=O)N[C@H](C(=O)N[C@@H](CCN)C(=O)N[C@H](C(=O)NCC(=O)N[C@@H](CCCN(O)C(=O)C[C@H](C)O)C(=O)O)[C@H](O)C(=O)O)[C@H](O)C(=O)O. The van der Waals surface area contributed by atoms with E-state index in [1.54, 1.807) is 0 Å². The molecule has 0 spiro atoms. The highest BCUT2D eigenvalue weighted by atomic mass is 16.5. The number of amides is 6. The summed E-state index contributed by atoms with van der Waals surface area (Å²) in [6.45, 7) is 1.70. The molecule has 0 aliphatic rings. The van der Waals surface area contributed by atoms with E-state index < -0.39 is 115 Å². The van der Waals surface area contributed by atoms with Gasteiger partial charge in [0.05, 0.1) is 19.1 Å². The highest BCUT2D eigenvalue weighted by Gasteiger charge is 2.38. The first-order valence-electron chi connectivity index (χ1n) is 18.2. The Morgan fingerprint density at radius 2 is 1.18 bits per heavy atom. The Morgan fingerprint density at radius 1 is 0.625 bits per heavy atom. The monoisotopic (exact) mass is 807 g/mol. The molecule has 56 heavy (non-hydrogen) atoms. The number of aliphatic hydroxyl groups excluding tert-OH is 3. The topological polar surface area (TPSA) is 385 Å². The van der Waals surface area contributed by atoms with Crippen molar-refractivity contribution in [1.82, 2.24) is 31.6 Å². The third kappa shape index (κ3) is 20.6. The number of hydrogen-bond donors (Lipinski definition) is 13. The van der Waals surface area contributed by atoms with Crippen LogP contribution in [0.1, 0.15) is 90.9 Å².